The highest BCUT2D eigenvalue weighted by Gasteiger charge is 2.30. The molecule has 0 radical (unpaired) electrons. The number of pyridine rings is 1. The summed E-state index contributed by atoms with van der Waals surface area (Å²) in [5, 5.41) is 0. The van der Waals surface area contributed by atoms with Crippen molar-refractivity contribution in [3.8, 4) is 0 Å². The normalized spacial score (nSPS) is 11.9. The van der Waals surface area contributed by atoms with Crippen LogP contribution in [0.2, 0.25) is 0 Å². The molecule has 0 spiro atoms. The van der Waals surface area contributed by atoms with Gasteiger partial charge < -0.3 is 0 Å². The number of unbranched alkanes of at least 4 members (excludes halogenated alkanes) is 24. The molecule has 1 aromatic heterocycles. The highest BCUT2D eigenvalue weighted by molar-refractivity contribution is 4.84. The molecule has 0 saturated carbocycles. The predicted molar refractivity (Wildman–Crippen MR) is 189 cm³/mol. The van der Waals surface area contributed by atoms with E-state index >= 15 is 0 Å². The topological polar surface area (TPSA) is 3.88 Å². The van der Waals surface area contributed by atoms with Crippen molar-refractivity contribution in [1.82, 2.24) is 0 Å². The van der Waals surface area contributed by atoms with Crippen molar-refractivity contribution in [2.45, 2.75) is 226 Å². The molecular formula is C41H78N+. The smallest absolute Gasteiger partial charge is 0.168 e. The Morgan fingerprint density at radius 1 is 0.333 bits per heavy atom. The average Bonchev–Trinajstić information content (AvgIpc) is 3.02. The first-order chi connectivity index (χ1) is 20.8. The Morgan fingerprint density at radius 2 is 0.619 bits per heavy atom. The third-order valence-electron chi connectivity index (χ3n) is 10.1. The molecule has 1 nitrogen and oxygen atoms in total. The quantitative estimate of drug-likeness (QED) is 0.0571. The zero-order valence-corrected chi connectivity index (χ0v) is 29.5. The van der Waals surface area contributed by atoms with E-state index in [9.17, 15) is 0 Å². The van der Waals surface area contributed by atoms with Crippen molar-refractivity contribution < 1.29 is 4.57 Å². The lowest BCUT2D eigenvalue weighted by Gasteiger charge is -2.34. The van der Waals surface area contributed by atoms with Crippen LogP contribution in [0.5, 0.6) is 0 Å². The van der Waals surface area contributed by atoms with E-state index in [-0.39, 0.29) is 0 Å². The van der Waals surface area contributed by atoms with Crippen LogP contribution < -0.4 is 4.57 Å². The lowest BCUT2D eigenvalue weighted by atomic mass is 9.71. The summed E-state index contributed by atoms with van der Waals surface area (Å²) >= 11 is 0. The minimum Gasteiger partial charge on any atom is -0.205 e. The van der Waals surface area contributed by atoms with E-state index in [2.05, 4.69) is 55.9 Å². The molecule has 0 N–H and O–H groups in total. The maximum Gasteiger partial charge on any atom is 0.168 e. The van der Waals surface area contributed by atoms with Gasteiger partial charge in [0.2, 0.25) is 0 Å². The van der Waals surface area contributed by atoms with Crippen LogP contribution in [0.25, 0.3) is 0 Å². The van der Waals surface area contributed by atoms with E-state index in [0.717, 1.165) is 0 Å². The molecule has 0 atom stereocenters. The van der Waals surface area contributed by atoms with E-state index in [1.165, 1.54) is 206 Å². The molecule has 0 unspecified atom stereocenters. The van der Waals surface area contributed by atoms with Gasteiger partial charge in [-0.3, -0.25) is 0 Å². The number of aromatic nitrogens is 1. The van der Waals surface area contributed by atoms with Crippen molar-refractivity contribution in [2.75, 3.05) is 0 Å². The van der Waals surface area contributed by atoms with Crippen molar-refractivity contribution >= 4 is 0 Å². The molecule has 0 amide bonds. The third-order valence-corrected chi connectivity index (χ3v) is 10.1. The molecule has 0 aliphatic carbocycles. The molecule has 1 rings (SSSR count). The molecule has 0 saturated heterocycles. The van der Waals surface area contributed by atoms with Gasteiger partial charge in [-0.2, -0.15) is 0 Å². The van der Waals surface area contributed by atoms with Crippen molar-refractivity contribution in [2.24, 2.45) is 5.41 Å². The summed E-state index contributed by atoms with van der Waals surface area (Å²) in [6.45, 7) is 8.18. The molecule has 1 heterocycles. The molecular weight excluding hydrogens is 506 g/mol. The molecule has 0 aromatic carbocycles. The first kappa shape index (κ1) is 39.2. The van der Waals surface area contributed by atoms with Crippen molar-refractivity contribution in [3.05, 3.63) is 30.6 Å². The first-order valence-corrected chi connectivity index (χ1v) is 19.7. The third kappa shape index (κ3) is 23.6. The monoisotopic (exact) mass is 585 g/mol. The van der Waals surface area contributed by atoms with Gasteiger partial charge in [-0.05, 0) is 24.7 Å². The fourth-order valence-corrected chi connectivity index (χ4v) is 7.13. The number of aryl methyl sites for hydroxylation is 1. The van der Waals surface area contributed by atoms with Crippen molar-refractivity contribution in [1.29, 1.82) is 0 Å². The average molecular weight is 585 g/mol. The molecule has 0 aliphatic rings. The summed E-state index contributed by atoms with van der Waals surface area (Å²) in [4.78, 5) is 0. The Balaban J connectivity index is 2.59. The van der Waals surface area contributed by atoms with Crippen LogP contribution in [0, 0.1) is 5.41 Å². The van der Waals surface area contributed by atoms with E-state index in [1.54, 1.807) is 0 Å². The maximum atomic E-state index is 2.45. The van der Waals surface area contributed by atoms with Crippen molar-refractivity contribution in [3.63, 3.8) is 0 Å². The van der Waals surface area contributed by atoms with Gasteiger partial charge in [-0.15, -0.1) is 0 Å². The largest absolute Gasteiger partial charge is 0.205 e. The Hall–Kier alpha value is -0.850. The van der Waals surface area contributed by atoms with Gasteiger partial charge in [0, 0.05) is 18.6 Å². The molecule has 0 fully saturated rings. The van der Waals surface area contributed by atoms with E-state index in [4.69, 9.17) is 0 Å². The fourth-order valence-electron chi connectivity index (χ4n) is 7.13. The fraction of sp³-hybridized carbons (Fsp3) is 0.878. The minimum atomic E-state index is 0.562. The van der Waals surface area contributed by atoms with Gasteiger partial charge >= 0.3 is 0 Å². The van der Waals surface area contributed by atoms with Crippen LogP contribution in [0.15, 0.2) is 30.6 Å². The second kappa shape index (κ2) is 30.2. The van der Waals surface area contributed by atoms with Crippen LogP contribution in [-0.2, 0) is 6.54 Å². The molecule has 0 bridgehead atoms. The zero-order valence-electron chi connectivity index (χ0n) is 29.5. The number of hydrogen-bond donors (Lipinski definition) is 0. The molecule has 1 aromatic rings. The SMILES string of the molecule is CCCCCCCCCCCCC(CCCCCCCCC)(CCCCCCCCCCCC)CC[n+]1ccccc1. The molecule has 246 valence electrons. The second-order valence-corrected chi connectivity index (χ2v) is 14.1. The molecule has 1 heteroatoms. The van der Waals surface area contributed by atoms with Crippen LogP contribution in [0.4, 0.5) is 0 Å². The highest BCUT2D eigenvalue weighted by Crippen LogP contribution is 2.41. The van der Waals surface area contributed by atoms with Gasteiger partial charge in [-0.25, -0.2) is 4.57 Å². The van der Waals surface area contributed by atoms with E-state index < -0.39 is 0 Å². The maximum absolute atomic E-state index is 2.45. The van der Waals surface area contributed by atoms with Crippen LogP contribution in [-0.4, -0.2) is 0 Å². The number of rotatable bonds is 33. The molecule has 42 heavy (non-hydrogen) atoms. The zero-order chi connectivity index (χ0) is 30.2. The van der Waals surface area contributed by atoms with Gasteiger partial charge in [0.25, 0.3) is 0 Å². The Kier molecular flexibility index (Phi) is 28.2. The van der Waals surface area contributed by atoms with Crippen LogP contribution >= 0.6 is 0 Å². The summed E-state index contributed by atoms with van der Waals surface area (Å²) in [5.41, 5.74) is 0.562. The summed E-state index contributed by atoms with van der Waals surface area (Å²) < 4.78 is 2.45. The van der Waals surface area contributed by atoms with Crippen LogP contribution in [0.1, 0.15) is 220 Å². The van der Waals surface area contributed by atoms with Gasteiger partial charge in [0.1, 0.15) is 6.54 Å². The number of nitrogens with zero attached hydrogens (tertiary/aromatic N) is 1. The summed E-state index contributed by atoms with van der Waals surface area (Å²) in [6.07, 6.45) is 49.5. The summed E-state index contributed by atoms with van der Waals surface area (Å²) in [5.74, 6) is 0. The highest BCUT2D eigenvalue weighted by atomic mass is 14.9. The Morgan fingerprint density at radius 3 is 0.929 bits per heavy atom. The Bertz CT molecular complexity index is 614. The first-order valence-electron chi connectivity index (χ1n) is 19.7. The lowest BCUT2D eigenvalue weighted by molar-refractivity contribution is -0.699. The summed E-state index contributed by atoms with van der Waals surface area (Å²) in [7, 11) is 0. The van der Waals surface area contributed by atoms with E-state index in [0.29, 0.717) is 5.41 Å². The lowest BCUT2D eigenvalue weighted by Crippen LogP contribution is -2.36. The molecule has 0 aliphatic heterocycles. The van der Waals surface area contributed by atoms with Gasteiger partial charge in [-0.1, -0.05) is 200 Å². The minimum absolute atomic E-state index is 0.562. The number of hydrogen-bond acceptors (Lipinski definition) is 0. The van der Waals surface area contributed by atoms with Crippen LogP contribution in [0.3, 0.4) is 0 Å². The van der Waals surface area contributed by atoms with E-state index in [1.807, 2.05) is 0 Å². The van der Waals surface area contributed by atoms with Gasteiger partial charge in [0.15, 0.2) is 12.4 Å². The predicted octanol–water partition coefficient (Wildman–Crippen LogP) is 14.1. The standard InChI is InChI=1S/C41H78N/c1-4-7-10-13-16-18-20-23-26-30-35-41(34-29-25-22-15-12-9-6-3,37-40-42-38-32-28-33-39-42)36-31-27-24-21-19-17-14-11-8-5-2/h28,32-33,38-39H,4-27,29-31,34-37,40H2,1-3H3/q+1. The summed E-state index contributed by atoms with van der Waals surface area (Å²) in [6, 6.07) is 6.58. The van der Waals surface area contributed by atoms with Gasteiger partial charge in [0.05, 0.1) is 0 Å². The Labute approximate surface area is 266 Å². The second-order valence-electron chi connectivity index (χ2n) is 14.1.